The van der Waals surface area contributed by atoms with Gasteiger partial charge in [-0.25, -0.2) is 0 Å². The summed E-state index contributed by atoms with van der Waals surface area (Å²) in [6, 6.07) is -0.703. The molecule has 0 aliphatic carbocycles. The molecule has 0 aromatic heterocycles. The molecule has 0 aliphatic rings. The van der Waals surface area contributed by atoms with Crippen molar-refractivity contribution in [1.29, 1.82) is 0 Å². The van der Waals surface area contributed by atoms with Gasteiger partial charge in [0.15, 0.2) is 0 Å². The molecule has 0 aromatic carbocycles. The fourth-order valence-corrected chi connectivity index (χ4v) is 1.48. The van der Waals surface area contributed by atoms with Crippen molar-refractivity contribution in [3.63, 3.8) is 0 Å². The smallest absolute Gasteiger partial charge is 0.323 e. The Morgan fingerprint density at radius 1 is 1.24 bits per heavy atom. The number of nitrogens with zero attached hydrogens (tertiary/aromatic N) is 1. The molecule has 1 unspecified atom stereocenters. The molecule has 17 heavy (non-hydrogen) atoms. The Kier molecular flexibility index (Phi) is 6.23. The van der Waals surface area contributed by atoms with Crippen molar-refractivity contribution in [1.82, 2.24) is 10.2 Å². The molecule has 0 heterocycles. The normalized spacial score (nSPS) is 12.1. The van der Waals surface area contributed by atoms with Crippen LogP contribution in [0.25, 0.3) is 0 Å². The summed E-state index contributed by atoms with van der Waals surface area (Å²) in [6.07, 6.45) is 0. The molecule has 1 atom stereocenters. The maximum atomic E-state index is 11.9. The fourth-order valence-electron chi connectivity index (χ4n) is 1.48. The molecule has 0 aliphatic heterocycles. The Hall–Kier alpha value is -1.59. The summed E-state index contributed by atoms with van der Waals surface area (Å²) in [5.74, 6) is -1.58. The van der Waals surface area contributed by atoms with Crippen LogP contribution in [-0.4, -0.2) is 46.9 Å². The van der Waals surface area contributed by atoms with E-state index in [9.17, 15) is 14.4 Å². The van der Waals surface area contributed by atoms with Gasteiger partial charge in [0, 0.05) is 13.5 Å². The van der Waals surface area contributed by atoms with E-state index < -0.39 is 12.0 Å². The lowest BCUT2D eigenvalue weighted by Gasteiger charge is -2.26. The van der Waals surface area contributed by atoms with Gasteiger partial charge in [0.25, 0.3) is 0 Å². The number of amides is 2. The number of carbonyl (C=O) groups excluding carboxylic acids is 2. The van der Waals surface area contributed by atoms with Gasteiger partial charge in [-0.05, 0) is 12.8 Å². The number of hydrogen-bond donors (Lipinski definition) is 2. The zero-order valence-electron chi connectivity index (χ0n) is 10.7. The van der Waals surface area contributed by atoms with E-state index in [2.05, 4.69) is 5.32 Å². The zero-order chi connectivity index (χ0) is 13.6. The molecule has 0 rings (SSSR count). The third-order valence-corrected chi connectivity index (χ3v) is 2.01. The Morgan fingerprint density at radius 3 is 2.12 bits per heavy atom. The molecule has 2 N–H and O–H groups in total. The molecule has 0 aromatic rings. The van der Waals surface area contributed by atoms with E-state index in [1.807, 2.05) is 13.8 Å². The summed E-state index contributed by atoms with van der Waals surface area (Å²) >= 11 is 0. The van der Waals surface area contributed by atoms with E-state index >= 15 is 0 Å². The van der Waals surface area contributed by atoms with Crippen LogP contribution in [0.2, 0.25) is 0 Å². The molecule has 98 valence electrons. The minimum Gasteiger partial charge on any atom is -0.480 e. The lowest BCUT2D eigenvalue weighted by molar-refractivity contribution is -0.145. The van der Waals surface area contributed by atoms with Gasteiger partial charge in [-0.2, -0.15) is 0 Å². The van der Waals surface area contributed by atoms with Crippen molar-refractivity contribution in [2.24, 2.45) is 5.92 Å². The third kappa shape index (κ3) is 6.55. The van der Waals surface area contributed by atoms with Crippen LogP contribution in [-0.2, 0) is 14.4 Å². The molecule has 0 spiro atoms. The molecule has 6 heteroatoms. The number of carbonyl (C=O) groups is 3. The van der Waals surface area contributed by atoms with Gasteiger partial charge >= 0.3 is 5.97 Å². The van der Waals surface area contributed by atoms with E-state index in [4.69, 9.17) is 5.11 Å². The van der Waals surface area contributed by atoms with Crippen molar-refractivity contribution in [2.45, 2.75) is 33.7 Å². The predicted octanol–water partition coefficient (Wildman–Crippen LogP) is 0.0802. The number of aliphatic carboxylic acids is 1. The molecule has 2 amide bonds. The summed E-state index contributed by atoms with van der Waals surface area (Å²) in [5, 5.41) is 11.2. The summed E-state index contributed by atoms with van der Waals surface area (Å²) < 4.78 is 0. The largest absolute Gasteiger partial charge is 0.480 e. The highest BCUT2D eigenvalue weighted by molar-refractivity contribution is 5.88. The van der Waals surface area contributed by atoms with Crippen LogP contribution >= 0.6 is 0 Å². The average Bonchev–Trinajstić information content (AvgIpc) is 2.12. The van der Waals surface area contributed by atoms with Crippen LogP contribution in [0.1, 0.15) is 27.7 Å². The average molecular weight is 244 g/mol. The molecule has 0 bridgehead atoms. The molecule has 0 saturated heterocycles. The van der Waals surface area contributed by atoms with Gasteiger partial charge in [0.1, 0.15) is 12.6 Å². The highest BCUT2D eigenvalue weighted by Crippen LogP contribution is 2.02. The van der Waals surface area contributed by atoms with Crippen LogP contribution in [0.4, 0.5) is 0 Å². The number of hydrogen-bond acceptors (Lipinski definition) is 3. The van der Waals surface area contributed by atoms with Crippen LogP contribution in [0.15, 0.2) is 0 Å². The first-order valence-electron chi connectivity index (χ1n) is 5.51. The molecule has 0 radical (unpaired) electrons. The second kappa shape index (κ2) is 6.88. The number of carboxylic acids is 1. The topological polar surface area (TPSA) is 86.7 Å². The lowest BCUT2D eigenvalue weighted by atomic mass is 10.2. The van der Waals surface area contributed by atoms with E-state index in [1.165, 1.54) is 11.8 Å². The molecule has 0 fully saturated rings. The third-order valence-electron chi connectivity index (χ3n) is 2.01. The van der Waals surface area contributed by atoms with Crippen LogP contribution < -0.4 is 5.32 Å². The Morgan fingerprint density at radius 2 is 1.76 bits per heavy atom. The highest BCUT2D eigenvalue weighted by Gasteiger charge is 2.23. The Bertz CT molecular complexity index is 302. The minimum absolute atomic E-state index is 0.169. The maximum Gasteiger partial charge on any atom is 0.323 e. The van der Waals surface area contributed by atoms with E-state index in [1.54, 1.807) is 6.92 Å². The Labute approximate surface area is 101 Å². The first kappa shape index (κ1) is 15.4. The van der Waals surface area contributed by atoms with Crippen LogP contribution in [0.5, 0.6) is 0 Å². The second-order valence-corrected chi connectivity index (χ2v) is 4.43. The van der Waals surface area contributed by atoms with Gasteiger partial charge in [0.05, 0.1) is 0 Å². The number of nitrogens with one attached hydrogen (secondary N) is 1. The van der Waals surface area contributed by atoms with E-state index in [-0.39, 0.29) is 24.3 Å². The quantitative estimate of drug-likeness (QED) is 0.692. The zero-order valence-corrected chi connectivity index (χ0v) is 10.7. The number of rotatable bonds is 6. The van der Waals surface area contributed by atoms with Crippen molar-refractivity contribution in [3.05, 3.63) is 0 Å². The van der Waals surface area contributed by atoms with Crippen molar-refractivity contribution < 1.29 is 19.5 Å². The second-order valence-electron chi connectivity index (χ2n) is 4.43. The summed E-state index contributed by atoms with van der Waals surface area (Å²) in [4.78, 5) is 34.6. The molecular weight excluding hydrogens is 224 g/mol. The van der Waals surface area contributed by atoms with E-state index in [0.29, 0.717) is 6.54 Å². The van der Waals surface area contributed by atoms with Gasteiger partial charge in [-0.15, -0.1) is 0 Å². The Balaban J connectivity index is 4.60. The maximum absolute atomic E-state index is 11.9. The summed E-state index contributed by atoms with van der Waals surface area (Å²) in [7, 11) is 0. The van der Waals surface area contributed by atoms with E-state index in [0.717, 1.165) is 0 Å². The fraction of sp³-hybridized carbons (Fsp3) is 0.727. The monoisotopic (exact) mass is 244 g/mol. The standard InChI is InChI=1S/C11H20N2O4/c1-7(2)5-13(6-10(15)16)11(17)8(3)12-9(4)14/h7-8H,5-6H2,1-4H3,(H,12,14)(H,15,16). The van der Waals surface area contributed by atoms with Gasteiger partial charge in [-0.1, -0.05) is 13.8 Å². The van der Waals surface area contributed by atoms with Crippen molar-refractivity contribution in [3.8, 4) is 0 Å². The van der Waals surface area contributed by atoms with Gasteiger partial charge in [-0.3, -0.25) is 14.4 Å². The van der Waals surface area contributed by atoms with Crippen molar-refractivity contribution in [2.75, 3.05) is 13.1 Å². The van der Waals surface area contributed by atoms with Gasteiger partial charge < -0.3 is 15.3 Å². The summed E-state index contributed by atoms with van der Waals surface area (Å²) in [5.41, 5.74) is 0. The highest BCUT2D eigenvalue weighted by atomic mass is 16.4. The molecular formula is C11H20N2O4. The van der Waals surface area contributed by atoms with Crippen LogP contribution in [0, 0.1) is 5.92 Å². The first-order chi connectivity index (χ1) is 7.73. The molecule has 0 saturated carbocycles. The first-order valence-corrected chi connectivity index (χ1v) is 5.51. The van der Waals surface area contributed by atoms with Crippen molar-refractivity contribution >= 4 is 17.8 Å². The minimum atomic E-state index is -1.06. The predicted molar refractivity (Wildman–Crippen MR) is 62.3 cm³/mol. The number of carboxylic acid groups (broad SMARTS) is 1. The summed E-state index contributed by atoms with van der Waals surface area (Å²) in [6.45, 7) is 6.65. The van der Waals surface area contributed by atoms with Gasteiger partial charge in [0.2, 0.25) is 11.8 Å². The lowest BCUT2D eigenvalue weighted by Crippen LogP contribution is -2.49. The van der Waals surface area contributed by atoms with Crippen LogP contribution in [0.3, 0.4) is 0 Å². The molecule has 6 nitrogen and oxygen atoms in total. The SMILES string of the molecule is CC(=O)NC(C)C(=O)N(CC(=O)O)CC(C)C.